The third-order valence-corrected chi connectivity index (χ3v) is 2.32. The van der Waals surface area contributed by atoms with Crippen molar-refractivity contribution < 1.29 is 23.1 Å². The molecule has 1 heterocycles. The Hall–Kier alpha value is -1.34. The first-order valence-electron chi connectivity index (χ1n) is 3.72. The van der Waals surface area contributed by atoms with E-state index in [4.69, 9.17) is 5.11 Å². The van der Waals surface area contributed by atoms with Crippen molar-refractivity contribution >= 4 is 5.97 Å². The first kappa shape index (κ1) is 10.7. The molecule has 1 atom stereocenters. The molecule has 1 aliphatic heterocycles. The molecule has 0 spiro atoms. The molecule has 0 aliphatic carbocycles. The fraction of sp³-hybridized carbons (Fsp3) is 0.833. The Bertz CT molecular complexity index is 268. The monoisotopic (exact) mass is 212 g/mol. The molecule has 8 heteroatoms. The minimum Gasteiger partial charge on any atom is -0.481 e. The molecule has 0 radical (unpaired) electrons. The van der Waals surface area contributed by atoms with E-state index in [0.29, 0.717) is 5.01 Å². The second-order valence-corrected chi connectivity index (χ2v) is 3.10. The molecule has 0 saturated carbocycles. The number of halogens is 3. The fourth-order valence-corrected chi connectivity index (χ4v) is 1.39. The van der Waals surface area contributed by atoms with Crippen LogP contribution in [-0.4, -0.2) is 35.4 Å². The number of nitrogens with zero attached hydrogens (tertiary/aromatic N) is 2. The lowest BCUT2D eigenvalue weighted by molar-refractivity contribution is -0.227. The van der Waals surface area contributed by atoms with E-state index in [1.807, 2.05) is 0 Å². The van der Waals surface area contributed by atoms with Gasteiger partial charge in [-0.1, -0.05) is 0 Å². The highest BCUT2D eigenvalue weighted by molar-refractivity contribution is 5.76. The van der Waals surface area contributed by atoms with Crippen molar-refractivity contribution in [3.63, 3.8) is 0 Å². The van der Waals surface area contributed by atoms with Crippen LogP contribution in [0.15, 0.2) is 5.29 Å². The van der Waals surface area contributed by atoms with E-state index in [1.165, 1.54) is 0 Å². The number of hydrogen-bond acceptors (Lipinski definition) is 3. The topological polar surface area (TPSA) is 70.0 Å². The summed E-state index contributed by atoms with van der Waals surface area (Å²) in [4.78, 5) is 20.5. The lowest BCUT2D eigenvalue weighted by Crippen LogP contribution is -2.46. The molecule has 14 heavy (non-hydrogen) atoms. The molecule has 0 bridgehead atoms. The Morgan fingerprint density at radius 2 is 2.07 bits per heavy atom. The largest absolute Gasteiger partial charge is 0.481 e. The number of aliphatic carboxylic acids is 1. The maximum atomic E-state index is 12.4. The van der Waals surface area contributed by atoms with Crippen molar-refractivity contribution in [3.8, 4) is 0 Å². The Labute approximate surface area is 76.4 Å². The highest BCUT2D eigenvalue weighted by Gasteiger charge is 2.64. The normalized spacial score (nSPS) is 27.8. The van der Waals surface area contributed by atoms with Gasteiger partial charge in [0.05, 0.1) is 11.8 Å². The van der Waals surface area contributed by atoms with E-state index < -0.39 is 30.5 Å². The van der Waals surface area contributed by atoms with Gasteiger partial charge in [0.25, 0.3) is 0 Å². The van der Waals surface area contributed by atoms with E-state index >= 15 is 0 Å². The van der Waals surface area contributed by atoms with Crippen LogP contribution in [0.4, 0.5) is 13.2 Å². The van der Waals surface area contributed by atoms with Gasteiger partial charge in [-0.2, -0.15) is 13.2 Å². The second-order valence-electron chi connectivity index (χ2n) is 3.10. The van der Waals surface area contributed by atoms with Crippen LogP contribution in [0, 0.1) is 10.3 Å². The molecular weight excluding hydrogens is 205 g/mol. The summed E-state index contributed by atoms with van der Waals surface area (Å²) in [5, 5.41) is 11.4. The number of rotatable bonds is 2. The maximum absolute atomic E-state index is 12.4. The van der Waals surface area contributed by atoms with E-state index in [1.54, 1.807) is 0 Å². The van der Waals surface area contributed by atoms with Crippen LogP contribution in [0.5, 0.6) is 0 Å². The molecule has 5 nitrogen and oxygen atoms in total. The van der Waals surface area contributed by atoms with Crippen LogP contribution in [0.1, 0.15) is 6.42 Å². The third kappa shape index (κ3) is 1.40. The number of carboxylic acids is 1. The SMILES string of the molecule is O=NN1CCC(C(=O)O)(C(F)(F)F)C1. The van der Waals surface area contributed by atoms with Crippen molar-refractivity contribution in [3.05, 3.63) is 4.91 Å². The number of hydrogen-bond donors (Lipinski definition) is 1. The van der Waals surface area contributed by atoms with Gasteiger partial charge >= 0.3 is 12.1 Å². The molecule has 1 unspecified atom stereocenters. The molecule has 1 saturated heterocycles. The zero-order valence-electron chi connectivity index (χ0n) is 6.91. The van der Waals surface area contributed by atoms with Gasteiger partial charge in [0.2, 0.25) is 0 Å². The second kappa shape index (κ2) is 3.10. The summed E-state index contributed by atoms with van der Waals surface area (Å²) in [6.45, 7) is -1.19. The summed E-state index contributed by atoms with van der Waals surface area (Å²) in [5.74, 6) is -1.96. The summed E-state index contributed by atoms with van der Waals surface area (Å²) in [6, 6.07) is 0. The van der Waals surface area contributed by atoms with Gasteiger partial charge in [-0.3, -0.25) is 9.80 Å². The smallest absolute Gasteiger partial charge is 0.406 e. The molecule has 0 aromatic carbocycles. The van der Waals surface area contributed by atoms with E-state index in [9.17, 15) is 22.9 Å². The molecule has 0 aromatic heterocycles. The van der Waals surface area contributed by atoms with E-state index in [2.05, 4.69) is 5.29 Å². The minimum absolute atomic E-state index is 0.282. The molecule has 1 fully saturated rings. The van der Waals surface area contributed by atoms with Crippen LogP contribution in [0.2, 0.25) is 0 Å². The van der Waals surface area contributed by atoms with E-state index in [0.717, 1.165) is 0 Å². The number of carbonyl (C=O) groups is 1. The van der Waals surface area contributed by atoms with Gasteiger partial charge in [-0.15, -0.1) is 4.91 Å². The maximum Gasteiger partial charge on any atom is 0.406 e. The number of carboxylic acid groups (broad SMARTS) is 1. The predicted molar refractivity (Wildman–Crippen MR) is 38.1 cm³/mol. The molecule has 1 aliphatic rings. The summed E-state index contributed by atoms with van der Waals surface area (Å²) in [6.07, 6.45) is -5.50. The number of nitroso groups, excluding NO2 is 1. The van der Waals surface area contributed by atoms with Gasteiger partial charge in [0.1, 0.15) is 0 Å². The van der Waals surface area contributed by atoms with Gasteiger partial charge in [0.15, 0.2) is 5.41 Å². The van der Waals surface area contributed by atoms with Crippen LogP contribution in [0.25, 0.3) is 0 Å². The quantitative estimate of drug-likeness (QED) is 0.693. The Balaban J connectivity index is 2.98. The predicted octanol–water partition coefficient (Wildman–Crippen LogP) is 1.01. The van der Waals surface area contributed by atoms with Gasteiger partial charge in [-0.25, -0.2) is 0 Å². The lowest BCUT2D eigenvalue weighted by atomic mass is 9.86. The van der Waals surface area contributed by atoms with Crippen molar-refractivity contribution in [1.82, 2.24) is 5.01 Å². The highest BCUT2D eigenvalue weighted by Crippen LogP contribution is 2.45. The van der Waals surface area contributed by atoms with Crippen molar-refractivity contribution in [2.24, 2.45) is 10.7 Å². The van der Waals surface area contributed by atoms with Gasteiger partial charge < -0.3 is 5.11 Å². The zero-order chi connectivity index (χ0) is 11.0. The molecule has 80 valence electrons. The van der Waals surface area contributed by atoms with Crippen molar-refractivity contribution in [1.29, 1.82) is 0 Å². The van der Waals surface area contributed by atoms with Crippen molar-refractivity contribution in [2.75, 3.05) is 13.1 Å². The Morgan fingerprint density at radius 3 is 2.29 bits per heavy atom. The Kier molecular flexibility index (Phi) is 2.38. The standard InChI is InChI=1S/C6H7F3N2O3/c7-6(8,9)5(4(12)13)1-2-11(3-5)10-14/h1-3H2,(H,12,13). The lowest BCUT2D eigenvalue weighted by Gasteiger charge is -2.25. The molecular formula is C6H7F3N2O3. The summed E-state index contributed by atoms with van der Waals surface area (Å²) < 4.78 is 37.3. The van der Waals surface area contributed by atoms with Crippen LogP contribution in [-0.2, 0) is 4.79 Å². The van der Waals surface area contributed by atoms with Crippen LogP contribution in [0.3, 0.4) is 0 Å². The molecule has 0 aromatic rings. The average molecular weight is 212 g/mol. The van der Waals surface area contributed by atoms with Gasteiger partial charge in [-0.05, 0) is 6.42 Å². The summed E-state index contributed by atoms with van der Waals surface area (Å²) in [7, 11) is 0. The Morgan fingerprint density at radius 1 is 1.50 bits per heavy atom. The fourth-order valence-electron chi connectivity index (χ4n) is 1.39. The zero-order valence-corrected chi connectivity index (χ0v) is 6.91. The summed E-state index contributed by atoms with van der Waals surface area (Å²) >= 11 is 0. The van der Waals surface area contributed by atoms with Crippen molar-refractivity contribution in [2.45, 2.75) is 12.6 Å². The number of alkyl halides is 3. The van der Waals surface area contributed by atoms with Crippen LogP contribution < -0.4 is 0 Å². The summed E-state index contributed by atoms with van der Waals surface area (Å²) in [5.41, 5.74) is -2.85. The average Bonchev–Trinajstić information content (AvgIpc) is 2.47. The highest BCUT2D eigenvalue weighted by atomic mass is 19.4. The first-order valence-corrected chi connectivity index (χ1v) is 3.72. The minimum atomic E-state index is -4.86. The molecule has 0 amide bonds. The third-order valence-electron chi connectivity index (χ3n) is 2.32. The van der Waals surface area contributed by atoms with Crippen LogP contribution >= 0.6 is 0 Å². The molecule has 1 N–H and O–H groups in total. The first-order chi connectivity index (χ1) is 6.33. The van der Waals surface area contributed by atoms with Gasteiger partial charge in [0, 0.05) is 6.54 Å². The molecule has 1 rings (SSSR count). The van der Waals surface area contributed by atoms with E-state index in [-0.39, 0.29) is 6.54 Å².